The lowest BCUT2D eigenvalue weighted by Gasteiger charge is -2.34. The number of hydrogen-bond acceptors (Lipinski definition) is 6. The molecule has 1 aliphatic heterocycles. The topological polar surface area (TPSA) is 93.6 Å². The Labute approximate surface area is 204 Å². The molecule has 8 nitrogen and oxygen atoms in total. The molecule has 2 aromatic heterocycles. The maximum Gasteiger partial charge on any atom is 0.322 e. The second kappa shape index (κ2) is 9.27. The van der Waals surface area contributed by atoms with Gasteiger partial charge in [0.15, 0.2) is 11.6 Å². The number of carbonyl (C=O) groups excluding carboxylic acids is 1. The fourth-order valence-electron chi connectivity index (χ4n) is 3.97. The molecule has 0 fully saturated rings. The normalized spacial score (nSPS) is 15.9. The molecule has 35 heavy (non-hydrogen) atoms. The molecule has 2 aromatic carbocycles. The molecular weight excluding hydrogens is 475 g/mol. The van der Waals surface area contributed by atoms with Crippen molar-refractivity contribution in [2.24, 2.45) is 0 Å². The Morgan fingerprint density at radius 2 is 2.00 bits per heavy atom. The summed E-state index contributed by atoms with van der Waals surface area (Å²) >= 11 is 6.07. The van der Waals surface area contributed by atoms with Crippen molar-refractivity contribution in [1.29, 1.82) is 0 Å². The highest BCUT2D eigenvalue weighted by atomic mass is 35.5. The summed E-state index contributed by atoms with van der Waals surface area (Å²) in [6, 6.07) is 14.2. The van der Waals surface area contributed by atoms with Crippen molar-refractivity contribution in [3.8, 4) is 17.1 Å². The first-order valence-corrected chi connectivity index (χ1v) is 11.1. The molecule has 1 unspecified atom stereocenters. The van der Waals surface area contributed by atoms with E-state index in [-0.39, 0.29) is 30.0 Å². The average Bonchev–Trinajstić information content (AvgIpc) is 3.54. The summed E-state index contributed by atoms with van der Waals surface area (Å²) in [5.74, 6) is 0.579. The Balaban J connectivity index is 1.58. The van der Waals surface area contributed by atoms with Gasteiger partial charge in [0, 0.05) is 16.3 Å². The van der Waals surface area contributed by atoms with Gasteiger partial charge >= 0.3 is 6.03 Å². The summed E-state index contributed by atoms with van der Waals surface area (Å²) in [5.41, 5.74) is 2.42. The lowest BCUT2D eigenvalue weighted by atomic mass is 9.94. The maximum absolute atomic E-state index is 14.3. The molecule has 1 atom stereocenters. The van der Waals surface area contributed by atoms with Gasteiger partial charge < -0.3 is 19.0 Å². The third kappa shape index (κ3) is 4.38. The molecule has 0 spiro atoms. The predicted octanol–water partition coefficient (Wildman–Crippen LogP) is 5.83. The summed E-state index contributed by atoms with van der Waals surface area (Å²) in [6.07, 6.45) is 1.55. The van der Waals surface area contributed by atoms with Crippen molar-refractivity contribution in [2.45, 2.75) is 19.5 Å². The Bertz CT molecular complexity index is 1400. The zero-order chi connectivity index (χ0) is 24.5. The van der Waals surface area contributed by atoms with E-state index in [9.17, 15) is 9.18 Å². The van der Waals surface area contributed by atoms with Crippen LogP contribution in [0.2, 0.25) is 5.02 Å². The quantitative estimate of drug-likeness (QED) is 0.362. The van der Waals surface area contributed by atoms with Gasteiger partial charge in [0.25, 0.3) is 5.89 Å². The molecule has 4 aromatic rings. The third-order valence-electron chi connectivity index (χ3n) is 5.76. The van der Waals surface area contributed by atoms with Gasteiger partial charge in [-0.2, -0.15) is 4.98 Å². The Morgan fingerprint density at radius 1 is 1.20 bits per heavy atom. The number of carbonyl (C=O) groups is 1. The molecule has 5 rings (SSSR count). The molecule has 10 heteroatoms. The smallest absolute Gasteiger partial charge is 0.322 e. The first-order chi connectivity index (χ1) is 16.9. The number of hydrogen-bond donors (Lipinski definition) is 1. The van der Waals surface area contributed by atoms with Crippen molar-refractivity contribution in [2.75, 3.05) is 7.11 Å². The van der Waals surface area contributed by atoms with Crippen LogP contribution in [-0.4, -0.2) is 28.2 Å². The van der Waals surface area contributed by atoms with Crippen molar-refractivity contribution in [3.05, 3.63) is 94.6 Å². The molecule has 3 heterocycles. The lowest BCUT2D eigenvalue weighted by Crippen LogP contribution is -2.45. The third-order valence-corrected chi connectivity index (χ3v) is 6.01. The van der Waals surface area contributed by atoms with Gasteiger partial charge in [0.2, 0.25) is 5.82 Å². The monoisotopic (exact) mass is 494 g/mol. The molecular formula is C25H20ClFN4O4. The number of rotatable bonds is 6. The van der Waals surface area contributed by atoms with Crippen LogP contribution >= 0.6 is 11.6 Å². The van der Waals surface area contributed by atoms with E-state index in [4.69, 9.17) is 25.3 Å². The van der Waals surface area contributed by atoms with E-state index < -0.39 is 11.9 Å². The molecule has 1 aliphatic rings. The minimum absolute atomic E-state index is 0.113. The average molecular weight is 495 g/mol. The number of urea groups is 1. The molecule has 0 saturated heterocycles. The van der Waals surface area contributed by atoms with Gasteiger partial charge in [-0.25, -0.2) is 9.18 Å². The van der Waals surface area contributed by atoms with Crippen LogP contribution in [0, 0.1) is 5.82 Å². The largest absolute Gasteiger partial charge is 0.494 e. The van der Waals surface area contributed by atoms with Gasteiger partial charge in [-0.3, -0.25) is 4.90 Å². The molecule has 0 saturated carbocycles. The Morgan fingerprint density at radius 3 is 2.69 bits per heavy atom. The molecule has 0 bridgehead atoms. The summed E-state index contributed by atoms with van der Waals surface area (Å²) in [4.78, 5) is 19.1. The molecule has 178 valence electrons. The van der Waals surface area contributed by atoms with Crippen LogP contribution in [-0.2, 0) is 6.54 Å². The highest BCUT2D eigenvalue weighted by molar-refractivity contribution is 6.30. The van der Waals surface area contributed by atoms with E-state index in [0.29, 0.717) is 27.6 Å². The highest BCUT2D eigenvalue weighted by Gasteiger charge is 2.36. The minimum atomic E-state index is -0.575. The highest BCUT2D eigenvalue weighted by Crippen LogP contribution is 2.38. The van der Waals surface area contributed by atoms with Crippen molar-refractivity contribution >= 4 is 23.2 Å². The molecule has 2 amide bonds. The molecule has 0 radical (unpaired) electrons. The van der Waals surface area contributed by atoms with E-state index in [1.807, 2.05) is 12.1 Å². The van der Waals surface area contributed by atoms with Gasteiger partial charge in [0.1, 0.15) is 5.76 Å². The first kappa shape index (κ1) is 22.7. The number of aromatic nitrogens is 2. The fourth-order valence-corrected chi connectivity index (χ4v) is 4.09. The summed E-state index contributed by atoms with van der Waals surface area (Å²) in [5, 5.41) is 7.63. The number of allylic oxidation sites excluding steroid dienone is 1. The second-order valence-corrected chi connectivity index (χ2v) is 8.31. The number of benzene rings is 2. The van der Waals surface area contributed by atoms with E-state index in [1.54, 1.807) is 43.5 Å². The standard InChI is InChI=1S/C25H20ClFN4O4/c1-14-21(24-29-23(30-35-24)16-7-10-20(33-2)19(27)12-16)22(15-5-8-17(26)9-6-15)28-25(32)31(14)13-18-4-3-11-34-18/h3-12,22H,13H2,1-2H3,(H,28,32). The summed E-state index contributed by atoms with van der Waals surface area (Å²) in [6.45, 7) is 2.02. The van der Waals surface area contributed by atoms with E-state index in [2.05, 4.69) is 15.5 Å². The van der Waals surface area contributed by atoms with Crippen LogP contribution in [0.15, 0.2) is 75.5 Å². The van der Waals surface area contributed by atoms with Crippen molar-refractivity contribution < 1.29 is 22.9 Å². The van der Waals surface area contributed by atoms with E-state index >= 15 is 0 Å². The number of nitrogens with one attached hydrogen (secondary N) is 1. The molecule has 1 N–H and O–H groups in total. The zero-order valence-electron chi connectivity index (χ0n) is 18.8. The van der Waals surface area contributed by atoms with Gasteiger partial charge in [0.05, 0.1) is 31.5 Å². The van der Waals surface area contributed by atoms with Crippen molar-refractivity contribution in [3.63, 3.8) is 0 Å². The van der Waals surface area contributed by atoms with Crippen LogP contribution < -0.4 is 10.1 Å². The van der Waals surface area contributed by atoms with Gasteiger partial charge in [-0.05, 0) is 55.0 Å². The van der Waals surface area contributed by atoms with Crippen LogP contribution in [0.5, 0.6) is 5.75 Å². The van der Waals surface area contributed by atoms with Crippen LogP contribution in [0.25, 0.3) is 17.0 Å². The van der Waals surface area contributed by atoms with Crippen molar-refractivity contribution in [1.82, 2.24) is 20.4 Å². The Hall–Kier alpha value is -4.11. The van der Waals surface area contributed by atoms with Crippen LogP contribution in [0.1, 0.15) is 30.2 Å². The van der Waals surface area contributed by atoms with Crippen LogP contribution in [0.3, 0.4) is 0 Å². The zero-order valence-corrected chi connectivity index (χ0v) is 19.5. The number of methoxy groups -OCH3 is 1. The minimum Gasteiger partial charge on any atom is -0.494 e. The number of furan rings is 1. The number of halogens is 2. The summed E-state index contributed by atoms with van der Waals surface area (Å²) in [7, 11) is 1.39. The molecule has 0 aliphatic carbocycles. The van der Waals surface area contributed by atoms with Gasteiger partial charge in [-0.15, -0.1) is 0 Å². The van der Waals surface area contributed by atoms with Gasteiger partial charge in [-0.1, -0.05) is 28.9 Å². The SMILES string of the molecule is COc1ccc(-c2noc(C3=C(C)N(Cc4ccco4)C(=O)NC3c3ccc(Cl)cc3)n2)cc1F. The lowest BCUT2D eigenvalue weighted by molar-refractivity contribution is 0.199. The number of ether oxygens (including phenoxy) is 1. The van der Waals surface area contributed by atoms with E-state index in [0.717, 1.165) is 5.56 Å². The number of nitrogens with zero attached hydrogens (tertiary/aromatic N) is 3. The maximum atomic E-state index is 14.3. The first-order valence-electron chi connectivity index (χ1n) is 10.7. The van der Waals surface area contributed by atoms with E-state index in [1.165, 1.54) is 24.1 Å². The predicted molar refractivity (Wildman–Crippen MR) is 126 cm³/mol. The Kier molecular flexibility index (Phi) is 6.00. The number of amides is 2. The summed E-state index contributed by atoms with van der Waals surface area (Å²) < 4.78 is 30.3. The second-order valence-electron chi connectivity index (χ2n) is 7.87. The van der Waals surface area contributed by atoms with Crippen LogP contribution in [0.4, 0.5) is 9.18 Å². The fraction of sp³-hybridized carbons (Fsp3) is 0.160.